The lowest BCUT2D eigenvalue weighted by Crippen LogP contribution is -2.32. The third-order valence-electron chi connectivity index (χ3n) is 2.57. The molecule has 0 fully saturated rings. The number of para-hydroxylation sites is 1. The molecular weight excluding hydrogens is 262 g/mol. The second-order valence-corrected chi connectivity index (χ2v) is 4.05. The second-order valence-electron chi connectivity index (χ2n) is 4.05. The van der Waals surface area contributed by atoms with E-state index in [9.17, 15) is 9.59 Å². The molecule has 7 N–H and O–H groups in total. The summed E-state index contributed by atoms with van der Waals surface area (Å²) in [6.07, 6.45) is 2.08. The molecule has 1 atom stereocenters. The van der Waals surface area contributed by atoms with Gasteiger partial charge in [0.25, 0.3) is 0 Å². The molecule has 0 aliphatic carbocycles. The van der Waals surface area contributed by atoms with Crippen LogP contribution in [-0.2, 0) is 16.0 Å². The van der Waals surface area contributed by atoms with Crippen LogP contribution in [0.4, 0.5) is 0 Å². The molecule has 0 amide bonds. The zero-order chi connectivity index (χ0) is 15.8. The molecule has 108 valence electrons. The number of benzene rings is 1. The molecular formula is C13H17N3O4. The van der Waals surface area contributed by atoms with Crippen molar-refractivity contribution in [3.8, 4) is 0 Å². The number of aromatic nitrogens is 1. The van der Waals surface area contributed by atoms with Gasteiger partial charge in [0.05, 0.1) is 6.54 Å². The number of carboxylic acid groups (broad SMARTS) is 2. The summed E-state index contributed by atoms with van der Waals surface area (Å²) in [5.41, 5.74) is 8.50. The number of fused-ring (bicyclic) bond motifs is 1. The van der Waals surface area contributed by atoms with Gasteiger partial charge >= 0.3 is 11.9 Å². The second kappa shape index (κ2) is 7.27. The van der Waals surface area contributed by atoms with Gasteiger partial charge in [0.15, 0.2) is 0 Å². The summed E-state index contributed by atoms with van der Waals surface area (Å²) >= 11 is 0. The molecule has 1 heterocycles. The highest BCUT2D eigenvalue weighted by atomic mass is 16.4. The maximum absolute atomic E-state index is 10.8. The summed E-state index contributed by atoms with van der Waals surface area (Å²) in [5.74, 6) is -1.98. The van der Waals surface area contributed by atoms with Crippen LogP contribution in [0.25, 0.3) is 10.9 Å². The molecule has 1 aromatic carbocycles. The quantitative estimate of drug-likeness (QED) is 0.527. The minimum Gasteiger partial charge on any atom is -0.480 e. The molecule has 1 aromatic heterocycles. The summed E-state index contributed by atoms with van der Waals surface area (Å²) in [6, 6.07) is 6.82. The monoisotopic (exact) mass is 280 g/mol. The van der Waals surface area contributed by atoms with Gasteiger partial charge in [-0.25, -0.2) is 0 Å². The number of aromatic amines is 1. The number of carbonyl (C=O) groups is 2. The van der Waals surface area contributed by atoms with Crippen LogP contribution in [-0.4, -0.2) is 39.7 Å². The highest BCUT2D eigenvalue weighted by Gasteiger charge is 2.14. The van der Waals surface area contributed by atoms with Crippen LogP contribution in [0, 0.1) is 0 Å². The lowest BCUT2D eigenvalue weighted by Gasteiger charge is -2.04. The van der Waals surface area contributed by atoms with Gasteiger partial charge in [-0.2, -0.15) is 0 Å². The predicted octanol–water partition coefficient (Wildman–Crippen LogP) is 0.152. The van der Waals surface area contributed by atoms with Crippen LogP contribution in [0.5, 0.6) is 0 Å². The minimum atomic E-state index is -1.01. The summed E-state index contributed by atoms with van der Waals surface area (Å²) in [5, 5.41) is 17.5. The molecule has 20 heavy (non-hydrogen) atoms. The Morgan fingerprint density at radius 3 is 2.55 bits per heavy atom. The molecule has 0 aliphatic heterocycles. The van der Waals surface area contributed by atoms with Gasteiger partial charge in [-0.3, -0.25) is 9.59 Å². The van der Waals surface area contributed by atoms with E-state index in [4.69, 9.17) is 11.6 Å². The van der Waals surface area contributed by atoms with Crippen molar-refractivity contribution in [1.82, 2.24) is 4.98 Å². The normalized spacial score (nSPS) is 12.2. The number of nitrogens with two attached hydrogens (primary N) is 2. The Hall–Kier alpha value is -2.38. The van der Waals surface area contributed by atoms with Crippen LogP contribution in [0.2, 0.25) is 1.41 Å². The number of hydrogen-bond donors (Lipinski definition) is 5. The molecule has 0 saturated carbocycles. The molecule has 0 spiro atoms. The fourth-order valence-electron chi connectivity index (χ4n) is 1.61. The van der Waals surface area contributed by atoms with E-state index in [2.05, 4.69) is 10.7 Å². The first kappa shape index (κ1) is 14.0. The Morgan fingerprint density at radius 1 is 1.35 bits per heavy atom. The Bertz CT molecular complexity index is 614. The van der Waals surface area contributed by atoms with Gasteiger partial charge in [-0.05, 0) is 11.6 Å². The van der Waals surface area contributed by atoms with E-state index in [-0.39, 0.29) is 6.54 Å². The molecule has 0 bridgehead atoms. The molecule has 0 aliphatic rings. The summed E-state index contributed by atoms with van der Waals surface area (Å²) in [7, 11) is 0. The third kappa shape index (κ3) is 4.38. The van der Waals surface area contributed by atoms with Gasteiger partial charge in [-0.1, -0.05) is 18.2 Å². The summed E-state index contributed by atoms with van der Waals surface area (Å²) in [6.45, 7) is -0.278. The van der Waals surface area contributed by atoms with Crippen LogP contribution < -0.4 is 11.5 Å². The first-order valence-corrected chi connectivity index (χ1v) is 5.86. The maximum Gasteiger partial charge on any atom is 0.320 e. The van der Waals surface area contributed by atoms with E-state index < -0.39 is 18.0 Å². The van der Waals surface area contributed by atoms with Crippen molar-refractivity contribution in [1.29, 1.82) is 0 Å². The Balaban J connectivity index is 0.000000383. The molecule has 0 radical (unpaired) electrons. The topological polar surface area (TPSA) is 142 Å². The van der Waals surface area contributed by atoms with Gasteiger partial charge < -0.3 is 26.7 Å². The average Bonchev–Trinajstić information content (AvgIpc) is 2.88. The van der Waals surface area contributed by atoms with Crippen molar-refractivity contribution in [2.24, 2.45) is 11.5 Å². The van der Waals surface area contributed by atoms with E-state index in [1.165, 1.54) is 0 Å². The largest absolute Gasteiger partial charge is 0.480 e. The SMILES string of the molecule is NCC(=O)O.[2H]NC(Cc1c[nH]c2ccccc12)C(=O)O. The maximum atomic E-state index is 10.8. The highest BCUT2D eigenvalue weighted by molar-refractivity contribution is 5.84. The number of carboxylic acids is 2. The van der Waals surface area contributed by atoms with E-state index in [0.717, 1.165) is 16.5 Å². The highest BCUT2D eigenvalue weighted by Crippen LogP contribution is 2.18. The molecule has 0 saturated heterocycles. The first-order valence-electron chi connectivity index (χ1n) is 6.36. The first-order chi connectivity index (χ1) is 9.99. The molecule has 2 rings (SSSR count). The fraction of sp³-hybridized carbons (Fsp3) is 0.231. The van der Waals surface area contributed by atoms with Crippen molar-refractivity contribution >= 4 is 22.8 Å². The molecule has 7 heteroatoms. The number of aliphatic carboxylic acids is 2. The van der Waals surface area contributed by atoms with Crippen LogP contribution in [0.1, 0.15) is 5.56 Å². The molecule has 2 aromatic rings. The van der Waals surface area contributed by atoms with Gasteiger partial charge in [0.1, 0.15) is 7.45 Å². The van der Waals surface area contributed by atoms with Gasteiger partial charge in [0.2, 0.25) is 0 Å². The van der Waals surface area contributed by atoms with Gasteiger partial charge in [0, 0.05) is 23.5 Å². The summed E-state index contributed by atoms with van der Waals surface area (Å²) < 4.78 is 6.96. The van der Waals surface area contributed by atoms with Crippen LogP contribution in [0.15, 0.2) is 30.5 Å². The standard InChI is InChI=1S/C11H12N2O2.C2H5NO2/c12-9(11(14)15)5-7-6-13-10-4-2-1-3-8(7)10;3-1-2(4)5/h1-4,6,9,13H,5,12H2,(H,14,15);1,3H2,(H,4,5)/i/hD. The zero-order valence-corrected chi connectivity index (χ0v) is 10.7. The molecule has 1 unspecified atom stereocenters. The predicted molar refractivity (Wildman–Crippen MR) is 74.3 cm³/mol. The van der Waals surface area contributed by atoms with E-state index in [0.29, 0.717) is 6.42 Å². The number of rotatable bonds is 5. The Morgan fingerprint density at radius 2 is 2.00 bits per heavy atom. The lowest BCUT2D eigenvalue weighted by molar-refractivity contribution is -0.138. The van der Waals surface area contributed by atoms with E-state index in [1.54, 1.807) is 6.20 Å². The average molecular weight is 280 g/mol. The third-order valence-corrected chi connectivity index (χ3v) is 2.57. The Kier molecular flexibility index (Phi) is 5.10. The minimum absolute atomic E-state index is 0.278. The smallest absolute Gasteiger partial charge is 0.320 e. The fourth-order valence-corrected chi connectivity index (χ4v) is 1.61. The number of H-pyrrole nitrogens is 1. The Labute approximate surface area is 116 Å². The van der Waals surface area contributed by atoms with Crippen LogP contribution >= 0.6 is 0 Å². The van der Waals surface area contributed by atoms with Crippen molar-refractivity contribution in [3.63, 3.8) is 0 Å². The zero-order valence-electron chi connectivity index (χ0n) is 11.7. The number of hydrogen-bond acceptors (Lipinski definition) is 4. The van der Waals surface area contributed by atoms with E-state index >= 15 is 0 Å². The lowest BCUT2D eigenvalue weighted by atomic mass is 10.1. The van der Waals surface area contributed by atoms with E-state index in [1.807, 2.05) is 30.0 Å². The summed E-state index contributed by atoms with van der Waals surface area (Å²) in [4.78, 5) is 23.1. The van der Waals surface area contributed by atoms with Crippen molar-refractivity contribution in [3.05, 3.63) is 36.0 Å². The van der Waals surface area contributed by atoms with Crippen LogP contribution in [0.3, 0.4) is 0 Å². The van der Waals surface area contributed by atoms with Crippen molar-refractivity contribution in [2.45, 2.75) is 12.5 Å². The van der Waals surface area contributed by atoms with Crippen molar-refractivity contribution in [2.75, 3.05) is 6.54 Å². The molecule has 7 nitrogen and oxygen atoms in total. The number of nitrogens with one attached hydrogen (secondary N) is 1. The van der Waals surface area contributed by atoms with Gasteiger partial charge in [-0.15, -0.1) is 0 Å². The van der Waals surface area contributed by atoms with Crippen molar-refractivity contribution < 1.29 is 21.2 Å².